The maximum atomic E-state index is 12.1. The van der Waals surface area contributed by atoms with E-state index in [2.05, 4.69) is 16.0 Å². The van der Waals surface area contributed by atoms with Gasteiger partial charge in [-0.05, 0) is 46.9 Å². The lowest BCUT2D eigenvalue weighted by Gasteiger charge is -2.17. The van der Waals surface area contributed by atoms with E-state index in [9.17, 15) is 10.1 Å². The van der Waals surface area contributed by atoms with Gasteiger partial charge in [0.25, 0.3) is 5.69 Å². The zero-order chi connectivity index (χ0) is 23.5. The minimum absolute atomic E-state index is 0.0854. The summed E-state index contributed by atoms with van der Waals surface area (Å²) in [5.41, 5.74) is 3.58. The number of aromatic amines is 1. The van der Waals surface area contributed by atoms with E-state index in [4.69, 9.17) is 4.74 Å². The van der Waals surface area contributed by atoms with Crippen molar-refractivity contribution in [2.45, 2.75) is 18.9 Å². The Bertz CT molecular complexity index is 1430. The third kappa shape index (κ3) is 4.15. The average Bonchev–Trinajstić information content (AvgIpc) is 3.55. The van der Waals surface area contributed by atoms with Gasteiger partial charge in [0.15, 0.2) is 0 Å². The number of hydrogen-bond donors (Lipinski definition) is 1. The maximum Gasteiger partial charge on any atom is 0.294 e. The molecule has 0 spiro atoms. The lowest BCUT2D eigenvalue weighted by Crippen LogP contribution is -2.10. The topological polar surface area (TPSA) is 86.0 Å². The van der Waals surface area contributed by atoms with Crippen molar-refractivity contribution >= 4 is 16.5 Å². The second-order valence-electron chi connectivity index (χ2n) is 8.20. The fourth-order valence-corrected chi connectivity index (χ4v) is 4.50. The lowest BCUT2D eigenvalue weighted by molar-refractivity contribution is -0.384. The molecule has 7 nitrogen and oxygen atoms in total. The third-order valence-electron chi connectivity index (χ3n) is 6.18. The van der Waals surface area contributed by atoms with Gasteiger partial charge in [-0.15, -0.1) is 0 Å². The van der Waals surface area contributed by atoms with Gasteiger partial charge in [0.2, 0.25) is 0 Å². The predicted molar refractivity (Wildman–Crippen MR) is 132 cm³/mol. The van der Waals surface area contributed by atoms with E-state index in [1.54, 1.807) is 25.8 Å². The maximum absolute atomic E-state index is 12.1. The summed E-state index contributed by atoms with van der Waals surface area (Å²) in [5.74, 6) is 0.811. The molecule has 0 aliphatic rings. The summed E-state index contributed by atoms with van der Waals surface area (Å²) in [6, 6.07) is 21.7. The van der Waals surface area contributed by atoms with Gasteiger partial charge in [-0.2, -0.15) is 0 Å². The number of hydrogen-bond acceptors (Lipinski definition) is 4. The monoisotopic (exact) mass is 452 g/mol. The number of aryl methyl sites for hydroxylation is 1. The Balaban J connectivity index is 1.56. The molecule has 1 N–H and O–H groups in total. The Morgan fingerprint density at radius 3 is 2.68 bits per heavy atom. The van der Waals surface area contributed by atoms with Crippen molar-refractivity contribution in [3.05, 3.63) is 113 Å². The van der Waals surface area contributed by atoms with Gasteiger partial charge in [0.05, 0.1) is 48.1 Å². The summed E-state index contributed by atoms with van der Waals surface area (Å²) in [5, 5.41) is 14.1. The Hall–Kier alpha value is -4.39. The molecule has 7 heteroatoms. The number of H-pyrrole nitrogens is 1. The molecule has 2 aromatic heterocycles. The highest BCUT2D eigenvalue weighted by Crippen LogP contribution is 2.38. The average molecular weight is 453 g/mol. The molecule has 34 heavy (non-hydrogen) atoms. The molecule has 0 fully saturated rings. The third-order valence-corrected chi connectivity index (χ3v) is 6.18. The van der Waals surface area contributed by atoms with Gasteiger partial charge < -0.3 is 14.3 Å². The van der Waals surface area contributed by atoms with E-state index in [1.807, 2.05) is 71.4 Å². The number of methoxy groups -OCH3 is 1. The molecule has 5 aromatic rings. The fraction of sp³-hybridized carbons (Fsp3) is 0.148. The molecule has 0 saturated heterocycles. The van der Waals surface area contributed by atoms with Crippen LogP contribution in [0.2, 0.25) is 0 Å². The van der Waals surface area contributed by atoms with Crippen molar-refractivity contribution < 1.29 is 9.66 Å². The number of fused-ring (bicyclic) bond motifs is 1. The van der Waals surface area contributed by atoms with Crippen molar-refractivity contribution in [1.82, 2.24) is 14.5 Å². The molecule has 1 unspecified atom stereocenters. The number of imidazole rings is 1. The van der Waals surface area contributed by atoms with Gasteiger partial charge in [-0.25, -0.2) is 4.98 Å². The molecule has 0 aliphatic carbocycles. The van der Waals surface area contributed by atoms with Crippen LogP contribution in [0.25, 0.3) is 21.9 Å². The molecule has 0 radical (unpaired) electrons. The van der Waals surface area contributed by atoms with Crippen LogP contribution in [0.5, 0.6) is 5.75 Å². The highest BCUT2D eigenvalue weighted by atomic mass is 16.6. The van der Waals surface area contributed by atoms with E-state index < -0.39 is 0 Å². The molecule has 2 heterocycles. The first kappa shape index (κ1) is 21.5. The Labute approximate surface area is 196 Å². The zero-order valence-corrected chi connectivity index (χ0v) is 18.7. The van der Waals surface area contributed by atoms with Crippen LogP contribution in [0, 0.1) is 10.1 Å². The van der Waals surface area contributed by atoms with Crippen molar-refractivity contribution in [3.8, 4) is 16.9 Å². The number of nitrogens with one attached hydrogen (secondary N) is 1. The van der Waals surface area contributed by atoms with Crippen LogP contribution in [0.3, 0.4) is 0 Å². The molecule has 1 atom stereocenters. The lowest BCUT2D eigenvalue weighted by atomic mass is 9.99. The molecule has 170 valence electrons. The largest absolute Gasteiger partial charge is 0.497 e. The minimum atomic E-state index is -0.306. The number of benzene rings is 3. The Morgan fingerprint density at radius 2 is 1.88 bits per heavy atom. The summed E-state index contributed by atoms with van der Waals surface area (Å²) in [6.07, 6.45) is 8.44. The minimum Gasteiger partial charge on any atom is -0.497 e. The molecule has 0 bridgehead atoms. The summed E-state index contributed by atoms with van der Waals surface area (Å²) in [7, 11) is 1.65. The Morgan fingerprint density at radius 1 is 1.06 bits per heavy atom. The van der Waals surface area contributed by atoms with E-state index in [0.29, 0.717) is 5.56 Å². The molecule has 0 amide bonds. The van der Waals surface area contributed by atoms with Crippen LogP contribution in [0.4, 0.5) is 5.69 Å². The quantitative estimate of drug-likeness (QED) is 0.225. The molecule has 3 aromatic carbocycles. The summed E-state index contributed by atoms with van der Waals surface area (Å²) in [4.78, 5) is 19.1. The SMILES string of the molecule is COc1cccc(CCC(c2cnc[nH]2)n2cc(-c3cccc4ccccc34)c([N+](=O)[O-])c2)c1. The number of nitro groups is 1. The van der Waals surface area contributed by atoms with Crippen LogP contribution < -0.4 is 4.74 Å². The Kier molecular flexibility index (Phi) is 5.82. The smallest absolute Gasteiger partial charge is 0.294 e. The van der Waals surface area contributed by atoms with Gasteiger partial charge in [0, 0.05) is 6.20 Å². The molecular weight excluding hydrogens is 428 g/mol. The first-order valence-corrected chi connectivity index (χ1v) is 11.1. The molecule has 0 saturated carbocycles. The summed E-state index contributed by atoms with van der Waals surface area (Å²) in [6.45, 7) is 0. The number of rotatable bonds is 8. The van der Waals surface area contributed by atoms with Crippen molar-refractivity contribution in [2.24, 2.45) is 0 Å². The van der Waals surface area contributed by atoms with Crippen LogP contribution in [0.15, 0.2) is 91.6 Å². The van der Waals surface area contributed by atoms with Crippen LogP contribution in [0.1, 0.15) is 23.7 Å². The highest BCUT2D eigenvalue weighted by Gasteiger charge is 2.24. The highest BCUT2D eigenvalue weighted by molar-refractivity contribution is 5.98. The van der Waals surface area contributed by atoms with Gasteiger partial charge >= 0.3 is 0 Å². The van der Waals surface area contributed by atoms with E-state index >= 15 is 0 Å². The van der Waals surface area contributed by atoms with Crippen molar-refractivity contribution in [1.29, 1.82) is 0 Å². The fourth-order valence-electron chi connectivity index (χ4n) is 4.50. The molecule has 0 aliphatic heterocycles. The standard InChI is InChI=1S/C27H24N4O3/c1-34-21-9-4-6-19(14-21)12-13-26(25-15-28-18-29-25)30-16-24(27(17-30)31(32)33)23-11-5-8-20-7-2-3-10-22(20)23/h2-11,14-18,26H,12-13H2,1H3,(H,28,29). The molecular formula is C27H24N4O3. The van der Waals surface area contributed by atoms with Gasteiger partial charge in [0.1, 0.15) is 5.75 Å². The van der Waals surface area contributed by atoms with Gasteiger partial charge in [-0.1, -0.05) is 54.6 Å². The van der Waals surface area contributed by atoms with E-state index in [1.165, 1.54) is 0 Å². The zero-order valence-electron chi connectivity index (χ0n) is 18.7. The van der Waals surface area contributed by atoms with E-state index in [-0.39, 0.29) is 16.7 Å². The van der Waals surface area contributed by atoms with Crippen LogP contribution in [-0.2, 0) is 6.42 Å². The molecule has 5 rings (SSSR count). The second-order valence-corrected chi connectivity index (χ2v) is 8.20. The van der Waals surface area contributed by atoms with Crippen LogP contribution in [-0.4, -0.2) is 26.6 Å². The van der Waals surface area contributed by atoms with Gasteiger partial charge in [-0.3, -0.25) is 10.1 Å². The predicted octanol–water partition coefficient (Wildman–Crippen LogP) is 6.17. The van der Waals surface area contributed by atoms with E-state index in [0.717, 1.165) is 46.2 Å². The number of ether oxygens (including phenoxy) is 1. The summed E-state index contributed by atoms with van der Waals surface area (Å²) < 4.78 is 7.29. The summed E-state index contributed by atoms with van der Waals surface area (Å²) >= 11 is 0. The first-order valence-electron chi connectivity index (χ1n) is 11.1. The second kappa shape index (κ2) is 9.23. The normalized spacial score (nSPS) is 12.0. The first-order chi connectivity index (χ1) is 16.6. The van der Waals surface area contributed by atoms with Crippen molar-refractivity contribution in [2.75, 3.05) is 7.11 Å². The number of nitrogens with zero attached hydrogens (tertiary/aromatic N) is 3. The number of aromatic nitrogens is 3. The van der Waals surface area contributed by atoms with Crippen LogP contribution >= 0.6 is 0 Å². The van der Waals surface area contributed by atoms with Crippen molar-refractivity contribution in [3.63, 3.8) is 0 Å².